The fraction of sp³-hybridized carbons (Fsp3) is 0.0500. The minimum Gasteiger partial charge on any atom is -0.495 e. The third-order valence-electron chi connectivity index (χ3n) is 4.14. The standard InChI is InChI=1S/C20H15N3O3S/c1-26-16-9-5-8-13-17(16)21-10-14(18(13)24)19(25)23-20-22-15(11-27-20)12-6-3-2-4-7-12/h2-11H,1H3,(H,21,24)(H,22,23,25). The van der Waals surface area contributed by atoms with Crippen LogP contribution in [-0.4, -0.2) is 23.0 Å². The van der Waals surface area contributed by atoms with Crippen molar-refractivity contribution < 1.29 is 9.53 Å². The molecule has 2 heterocycles. The van der Waals surface area contributed by atoms with Crippen LogP contribution in [0.15, 0.2) is 64.9 Å². The number of thiazole rings is 1. The maximum atomic E-state index is 12.7. The van der Waals surface area contributed by atoms with Crippen molar-refractivity contribution in [1.29, 1.82) is 0 Å². The molecule has 7 heteroatoms. The lowest BCUT2D eigenvalue weighted by molar-refractivity contribution is 0.102. The molecule has 134 valence electrons. The summed E-state index contributed by atoms with van der Waals surface area (Å²) in [6.45, 7) is 0. The maximum absolute atomic E-state index is 12.7. The van der Waals surface area contributed by atoms with Gasteiger partial charge in [-0.25, -0.2) is 4.98 Å². The molecule has 0 atom stereocenters. The fourth-order valence-electron chi connectivity index (χ4n) is 2.80. The first kappa shape index (κ1) is 17.0. The van der Waals surface area contributed by atoms with Crippen LogP contribution in [0.25, 0.3) is 22.2 Å². The number of aromatic nitrogens is 2. The number of carbonyl (C=O) groups excluding carboxylic acids is 1. The zero-order valence-electron chi connectivity index (χ0n) is 14.4. The molecule has 27 heavy (non-hydrogen) atoms. The van der Waals surface area contributed by atoms with Crippen molar-refractivity contribution in [2.75, 3.05) is 12.4 Å². The highest BCUT2D eigenvalue weighted by Crippen LogP contribution is 2.25. The minimum atomic E-state index is -0.505. The number of aromatic amines is 1. The highest BCUT2D eigenvalue weighted by molar-refractivity contribution is 7.14. The minimum absolute atomic E-state index is 0.0206. The number of ether oxygens (including phenoxy) is 1. The Balaban J connectivity index is 1.63. The van der Waals surface area contributed by atoms with Crippen molar-refractivity contribution in [3.05, 3.63) is 75.9 Å². The van der Waals surface area contributed by atoms with Gasteiger partial charge in [-0.05, 0) is 12.1 Å². The van der Waals surface area contributed by atoms with Crippen LogP contribution in [0.4, 0.5) is 5.13 Å². The van der Waals surface area contributed by atoms with E-state index in [0.29, 0.717) is 21.8 Å². The van der Waals surface area contributed by atoms with Crippen LogP contribution >= 0.6 is 11.3 Å². The zero-order valence-corrected chi connectivity index (χ0v) is 15.2. The molecule has 4 rings (SSSR count). The SMILES string of the molecule is COc1cccc2c(=O)c(C(=O)Nc3nc(-c4ccccc4)cs3)c[nH]c12. The Labute approximate surface area is 158 Å². The summed E-state index contributed by atoms with van der Waals surface area (Å²) in [4.78, 5) is 32.7. The molecule has 0 aliphatic heterocycles. The molecule has 0 radical (unpaired) electrons. The topological polar surface area (TPSA) is 84.1 Å². The predicted octanol–water partition coefficient (Wildman–Crippen LogP) is 3.91. The summed E-state index contributed by atoms with van der Waals surface area (Å²) in [5.74, 6) is 0.0407. The molecule has 2 aromatic carbocycles. The van der Waals surface area contributed by atoms with E-state index in [1.165, 1.54) is 24.6 Å². The number of H-pyrrole nitrogens is 1. The number of nitrogens with zero attached hydrogens (tertiary/aromatic N) is 1. The number of anilines is 1. The lowest BCUT2D eigenvalue weighted by atomic mass is 10.1. The largest absolute Gasteiger partial charge is 0.495 e. The molecule has 0 fully saturated rings. The number of hydrogen-bond acceptors (Lipinski definition) is 5. The van der Waals surface area contributed by atoms with Crippen LogP contribution < -0.4 is 15.5 Å². The molecule has 0 saturated heterocycles. The number of amides is 1. The lowest BCUT2D eigenvalue weighted by Gasteiger charge is -2.07. The second-order valence-corrected chi connectivity index (χ2v) is 6.63. The van der Waals surface area contributed by atoms with Gasteiger partial charge < -0.3 is 9.72 Å². The Hall–Kier alpha value is -3.45. The van der Waals surface area contributed by atoms with E-state index in [2.05, 4.69) is 15.3 Å². The average molecular weight is 377 g/mol. The van der Waals surface area contributed by atoms with Crippen LogP contribution in [-0.2, 0) is 0 Å². The summed E-state index contributed by atoms with van der Waals surface area (Å²) in [6, 6.07) is 14.8. The van der Waals surface area contributed by atoms with E-state index in [4.69, 9.17) is 4.74 Å². The lowest BCUT2D eigenvalue weighted by Crippen LogP contribution is -2.22. The number of nitrogens with one attached hydrogen (secondary N) is 2. The molecule has 1 amide bonds. The van der Waals surface area contributed by atoms with Gasteiger partial charge in [0.1, 0.15) is 11.3 Å². The van der Waals surface area contributed by atoms with E-state index >= 15 is 0 Å². The quantitative estimate of drug-likeness (QED) is 0.565. The number of carbonyl (C=O) groups is 1. The Kier molecular flexibility index (Phi) is 4.43. The molecule has 0 aliphatic carbocycles. The number of methoxy groups -OCH3 is 1. The average Bonchev–Trinajstić information content (AvgIpc) is 3.17. The third-order valence-corrected chi connectivity index (χ3v) is 4.89. The predicted molar refractivity (Wildman–Crippen MR) is 107 cm³/mol. The van der Waals surface area contributed by atoms with Crippen molar-refractivity contribution in [3.63, 3.8) is 0 Å². The van der Waals surface area contributed by atoms with E-state index in [1.54, 1.807) is 18.2 Å². The van der Waals surface area contributed by atoms with E-state index in [1.807, 2.05) is 35.7 Å². The van der Waals surface area contributed by atoms with Gasteiger partial charge in [-0.3, -0.25) is 14.9 Å². The summed E-state index contributed by atoms with van der Waals surface area (Å²) in [5, 5.41) is 5.39. The fourth-order valence-corrected chi connectivity index (χ4v) is 3.51. The van der Waals surface area contributed by atoms with Crippen LogP contribution in [0.2, 0.25) is 0 Å². The number of fused-ring (bicyclic) bond motifs is 1. The van der Waals surface area contributed by atoms with E-state index in [-0.39, 0.29) is 11.0 Å². The summed E-state index contributed by atoms with van der Waals surface area (Å²) in [5.41, 5.74) is 1.95. The molecule has 6 nitrogen and oxygen atoms in total. The van der Waals surface area contributed by atoms with Crippen molar-refractivity contribution >= 4 is 33.3 Å². The highest BCUT2D eigenvalue weighted by atomic mass is 32.1. The molecule has 0 unspecified atom stereocenters. The molecule has 0 aliphatic rings. The van der Waals surface area contributed by atoms with Gasteiger partial charge in [-0.2, -0.15) is 0 Å². The van der Waals surface area contributed by atoms with E-state index < -0.39 is 5.91 Å². The molecule has 0 bridgehead atoms. The number of hydrogen-bond donors (Lipinski definition) is 2. The summed E-state index contributed by atoms with van der Waals surface area (Å²) >= 11 is 1.31. The molecule has 4 aromatic rings. The number of rotatable bonds is 4. The number of pyridine rings is 1. The van der Waals surface area contributed by atoms with Crippen molar-refractivity contribution in [3.8, 4) is 17.0 Å². The van der Waals surface area contributed by atoms with Crippen molar-refractivity contribution in [1.82, 2.24) is 9.97 Å². The number of benzene rings is 2. The molecule has 0 saturated carbocycles. The monoisotopic (exact) mass is 377 g/mol. The van der Waals surface area contributed by atoms with Gasteiger partial charge in [0.05, 0.1) is 23.7 Å². The van der Waals surface area contributed by atoms with E-state index in [0.717, 1.165) is 11.3 Å². The van der Waals surface area contributed by atoms with Gasteiger partial charge in [0.15, 0.2) is 5.13 Å². The van der Waals surface area contributed by atoms with Crippen LogP contribution in [0.1, 0.15) is 10.4 Å². The zero-order chi connectivity index (χ0) is 18.8. The number of para-hydroxylation sites is 1. The Bertz CT molecular complexity index is 1180. The third kappa shape index (κ3) is 3.20. The first-order valence-electron chi connectivity index (χ1n) is 8.18. The van der Waals surface area contributed by atoms with Crippen LogP contribution in [0.3, 0.4) is 0 Å². The normalized spacial score (nSPS) is 10.7. The first-order chi connectivity index (χ1) is 13.2. The molecular weight excluding hydrogens is 362 g/mol. The van der Waals surface area contributed by atoms with Crippen molar-refractivity contribution in [2.45, 2.75) is 0 Å². The second-order valence-electron chi connectivity index (χ2n) is 5.77. The molecule has 0 spiro atoms. The second kappa shape index (κ2) is 7.05. The Morgan fingerprint density at radius 3 is 2.74 bits per heavy atom. The molecular formula is C20H15N3O3S. The summed E-state index contributed by atoms with van der Waals surface area (Å²) in [6.07, 6.45) is 1.40. The Morgan fingerprint density at radius 2 is 1.96 bits per heavy atom. The van der Waals surface area contributed by atoms with Gasteiger partial charge >= 0.3 is 0 Å². The van der Waals surface area contributed by atoms with Gasteiger partial charge in [-0.1, -0.05) is 36.4 Å². The van der Waals surface area contributed by atoms with Gasteiger partial charge in [0.25, 0.3) is 5.91 Å². The molecule has 2 aromatic heterocycles. The van der Waals surface area contributed by atoms with Crippen LogP contribution in [0.5, 0.6) is 5.75 Å². The molecule has 2 N–H and O–H groups in total. The van der Waals surface area contributed by atoms with Crippen LogP contribution in [0, 0.1) is 0 Å². The first-order valence-corrected chi connectivity index (χ1v) is 9.06. The van der Waals surface area contributed by atoms with E-state index in [9.17, 15) is 9.59 Å². The van der Waals surface area contributed by atoms with Gasteiger partial charge in [-0.15, -0.1) is 11.3 Å². The summed E-state index contributed by atoms with van der Waals surface area (Å²) < 4.78 is 5.24. The maximum Gasteiger partial charge on any atom is 0.262 e. The van der Waals surface area contributed by atoms with Gasteiger partial charge in [0, 0.05) is 17.1 Å². The van der Waals surface area contributed by atoms with Crippen molar-refractivity contribution in [2.24, 2.45) is 0 Å². The smallest absolute Gasteiger partial charge is 0.262 e. The highest BCUT2D eigenvalue weighted by Gasteiger charge is 2.16. The van der Waals surface area contributed by atoms with Gasteiger partial charge in [0.2, 0.25) is 5.43 Å². The Morgan fingerprint density at radius 1 is 1.15 bits per heavy atom. The summed E-state index contributed by atoms with van der Waals surface area (Å²) in [7, 11) is 1.53.